The molecule has 72 valence electrons. The second-order valence-electron chi connectivity index (χ2n) is 3.45. The molecular weight excluding hydrogens is 190 g/mol. The first-order chi connectivity index (χ1) is 6.77. The molecule has 2 rings (SSSR count). The SMILES string of the molecule is Cc1ccc(C(N)c2ccsc2)cc1. The Morgan fingerprint density at radius 2 is 1.79 bits per heavy atom. The highest BCUT2D eigenvalue weighted by atomic mass is 32.1. The van der Waals surface area contributed by atoms with E-state index in [1.165, 1.54) is 16.7 Å². The van der Waals surface area contributed by atoms with Crippen LogP contribution in [0.5, 0.6) is 0 Å². The second-order valence-corrected chi connectivity index (χ2v) is 4.23. The maximum atomic E-state index is 6.12. The fraction of sp³-hybridized carbons (Fsp3) is 0.167. The summed E-state index contributed by atoms with van der Waals surface area (Å²) in [4.78, 5) is 0. The Labute approximate surface area is 88.2 Å². The van der Waals surface area contributed by atoms with Crippen LogP contribution in [0.15, 0.2) is 41.1 Å². The van der Waals surface area contributed by atoms with Gasteiger partial charge in [0.2, 0.25) is 0 Å². The standard InChI is InChI=1S/C12H13NS/c1-9-2-4-10(5-3-9)12(13)11-6-7-14-8-11/h2-8,12H,13H2,1H3. The zero-order valence-corrected chi connectivity index (χ0v) is 8.92. The number of benzene rings is 1. The van der Waals surface area contributed by atoms with Gasteiger partial charge in [-0.2, -0.15) is 11.3 Å². The largest absolute Gasteiger partial charge is 0.320 e. The Kier molecular flexibility index (Phi) is 2.66. The summed E-state index contributed by atoms with van der Waals surface area (Å²) in [7, 11) is 0. The zero-order chi connectivity index (χ0) is 9.97. The first-order valence-electron chi connectivity index (χ1n) is 4.61. The molecule has 2 heteroatoms. The first-order valence-corrected chi connectivity index (χ1v) is 5.56. The maximum absolute atomic E-state index is 6.12. The van der Waals surface area contributed by atoms with E-state index in [0.717, 1.165) is 0 Å². The lowest BCUT2D eigenvalue weighted by Crippen LogP contribution is -2.10. The summed E-state index contributed by atoms with van der Waals surface area (Å²) in [6.45, 7) is 2.08. The molecule has 1 aromatic heterocycles. The van der Waals surface area contributed by atoms with Gasteiger partial charge < -0.3 is 5.73 Å². The van der Waals surface area contributed by atoms with E-state index in [1.807, 2.05) is 0 Å². The third-order valence-electron chi connectivity index (χ3n) is 2.34. The predicted octanol–water partition coefficient (Wildman–Crippen LogP) is 3.10. The van der Waals surface area contributed by atoms with Crippen molar-refractivity contribution in [1.82, 2.24) is 0 Å². The summed E-state index contributed by atoms with van der Waals surface area (Å²) in [6.07, 6.45) is 0. The molecule has 1 aromatic carbocycles. The summed E-state index contributed by atoms with van der Waals surface area (Å²) < 4.78 is 0. The Morgan fingerprint density at radius 3 is 2.36 bits per heavy atom. The van der Waals surface area contributed by atoms with Crippen LogP contribution in [0.1, 0.15) is 22.7 Å². The minimum atomic E-state index is 0.0156. The molecule has 0 aliphatic heterocycles. The number of thiophene rings is 1. The Bertz CT molecular complexity index is 389. The molecule has 1 nitrogen and oxygen atoms in total. The lowest BCUT2D eigenvalue weighted by atomic mass is 10.0. The molecule has 0 aliphatic carbocycles. The van der Waals surface area contributed by atoms with Crippen LogP contribution < -0.4 is 5.73 Å². The van der Waals surface area contributed by atoms with Crippen LogP contribution in [0.4, 0.5) is 0 Å². The molecule has 0 aliphatic rings. The van der Waals surface area contributed by atoms with E-state index in [0.29, 0.717) is 0 Å². The van der Waals surface area contributed by atoms with Gasteiger partial charge in [-0.1, -0.05) is 29.8 Å². The molecule has 1 atom stereocenters. The minimum Gasteiger partial charge on any atom is -0.320 e. The van der Waals surface area contributed by atoms with Crippen molar-refractivity contribution in [2.24, 2.45) is 5.73 Å². The number of nitrogens with two attached hydrogens (primary N) is 1. The van der Waals surface area contributed by atoms with Crippen LogP contribution in [0.2, 0.25) is 0 Å². The number of hydrogen-bond acceptors (Lipinski definition) is 2. The molecular formula is C12H13NS. The van der Waals surface area contributed by atoms with Crippen LogP contribution in [-0.2, 0) is 0 Å². The fourth-order valence-electron chi connectivity index (χ4n) is 1.42. The van der Waals surface area contributed by atoms with Crippen LogP contribution >= 0.6 is 11.3 Å². The summed E-state index contributed by atoms with van der Waals surface area (Å²) in [5, 5.41) is 4.16. The van der Waals surface area contributed by atoms with Crippen molar-refractivity contribution in [1.29, 1.82) is 0 Å². The Hall–Kier alpha value is -1.12. The van der Waals surface area contributed by atoms with E-state index < -0.39 is 0 Å². The normalized spacial score (nSPS) is 12.7. The molecule has 0 radical (unpaired) electrons. The third-order valence-corrected chi connectivity index (χ3v) is 3.04. The molecule has 0 amide bonds. The Morgan fingerprint density at radius 1 is 1.07 bits per heavy atom. The summed E-state index contributed by atoms with van der Waals surface area (Å²) in [5.41, 5.74) is 9.76. The van der Waals surface area contributed by atoms with Crippen molar-refractivity contribution >= 4 is 11.3 Å². The van der Waals surface area contributed by atoms with E-state index in [9.17, 15) is 0 Å². The highest BCUT2D eigenvalue weighted by Crippen LogP contribution is 2.21. The lowest BCUT2D eigenvalue weighted by molar-refractivity contribution is 0.876. The van der Waals surface area contributed by atoms with Gasteiger partial charge >= 0.3 is 0 Å². The van der Waals surface area contributed by atoms with Crippen LogP contribution in [-0.4, -0.2) is 0 Å². The zero-order valence-electron chi connectivity index (χ0n) is 8.10. The lowest BCUT2D eigenvalue weighted by Gasteiger charge is -2.10. The smallest absolute Gasteiger partial charge is 0.0559 e. The average molecular weight is 203 g/mol. The molecule has 2 N–H and O–H groups in total. The van der Waals surface area contributed by atoms with Crippen LogP contribution in [0, 0.1) is 6.92 Å². The van der Waals surface area contributed by atoms with E-state index in [-0.39, 0.29) is 6.04 Å². The third kappa shape index (κ3) is 1.86. The van der Waals surface area contributed by atoms with Crippen molar-refractivity contribution in [2.45, 2.75) is 13.0 Å². The maximum Gasteiger partial charge on any atom is 0.0559 e. The van der Waals surface area contributed by atoms with Gasteiger partial charge in [-0.15, -0.1) is 0 Å². The summed E-state index contributed by atoms with van der Waals surface area (Å²) in [5.74, 6) is 0. The van der Waals surface area contributed by atoms with Crippen molar-refractivity contribution in [3.8, 4) is 0 Å². The number of aryl methyl sites for hydroxylation is 1. The monoisotopic (exact) mass is 203 g/mol. The first kappa shape index (κ1) is 9.44. The van der Waals surface area contributed by atoms with Crippen molar-refractivity contribution in [3.63, 3.8) is 0 Å². The fourth-order valence-corrected chi connectivity index (χ4v) is 2.11. The molecule has 0 bridgehead atoms. The van der Waals surface area contributed by atoms with Gasteiger partial charge in [-0.05, 0) is 34.9 Å². The molecule has 0 spiro atoms. The van der Waals surface area contributed by atoms with Crippen LogP contribution in [0.3, 0.4) is 0 Å². The van der Waals surface area contributed by atoms with Gasteiger partial charge in [0.05, 0.1) is 6.04 Å². The van der Waals surface area contributed by atoms with Gasteiger partial charge in [-0.3, -0.25) is 0 Å². The molecule has 1 heterocycles. The molecule has 1 unspecified atom stereocenters. The molecule has 0 saturated heterocycles. The van der Waals surface area contributed by atoms with E-state index in [2.05, 4.69) is 48.0 Å². The quantitative estimate of drug-likeness (QED) is 0.797. The van der Waals surface area contributed by atoms with E-state index >= 15 is 0 Å². The van der Waals surface area contributed by atoms with Gasteiger partial charge in [0.15, 0.2) is 0 Å². The minimum absolute atomic E-state index is 0.0156. The van der Waals surface area contributed by atoms with Gasteiger partial charge in [0, 0.05) is 0 Å². The molecule has 14 heavy (non-hydrogen) atoms. The molecule has 0 saturated carbocycles. The van der Waals surface area contributed by atoms with Crippen LogP contribution in [0.25, 0.3) is 0 Å². The van der Waals surface area contributed by atoms with Gasteiger partial charge in [-0.25, -0.2) is 0 Å². The summed E-state index contributed by atoms with van der Waals surface area (Å²) in [6, 6.07) is 10.5. The summed E-state index contributed by atoms with van der Waals surface area (Å²) >= 11 is 1.69. The number of hydrogen-bond donors (Lipinski definition) is 1. The average Bonchev–Trinajstić information content (AvgIpc) is 2.71. The van der Waals surface area contributed by atoms with Crippen molar-refractivity contribution < 1.29 is 0 Å². The van der Waals surface area contributed by atoms with E-state index in [1.54, 1.807) is 11.3 Å². The Balaban J connectivity index is 2.28. The van der Waals surface area contributed by atoms with Crippen molar-refractivity contribution in [2.75, 3.05) is 0 Å². The molecule has 0 fully saturated rings. The second kappa shape index (κ2) is 3.95. The van der Waals surface area contributed by atoms with Gasteiger partial charge in [0.1, 0.15) is 0 Å². The van der Waals surface area contributed by atoms with Gasteiger partial charge in [0.25, 0.3) is 0 Å². The van der Waals surface area contributed by atoms with E-state index in [4.69, 9.17) is 5.73 Å². The highest BCUT2D eigenvalue weighted by molar-refractivity contribution is 7.08. The highest BCUT2D eigenvalue weighted by Gasteiger charge is 2.07. The topological polar surface area (TPSA) is 26.0 Å². The molecule has 2 aromatic rings. The number of rotatable bonds is 2. The predicted molar refractivity (Wildman–Crippen MR) is 61.5 cm³/mol. The van der Waals surface area contributed by atoms with Crippen molar-refractivity contribution in [3.05, 3.63) is 57.8 Å².